The van der Waals surface area contributed by atoms with Gasteiger partial charge in [-0.1, -0.05) is 18.2 Å². The van der Waals surface area contributed by atoms with Crippen LogP contribution in [-0.2, 0) is 9.59 Å². The summed E-state index contributed by atoms with van der Waals surface area (Å²) in [6.07, 6.45) is 1.67. The first-order valence-corrected chi connectivity index (χ1v) is 5.66. The van der Waals surface area contributed by atoms with Crippen LogP contribution in [0.4, 0.5) is 0 Å². The minimum Gasteiger partial charge on any atom is -0.489 e. The number of para-hydroxylation sites is 1. The summed E-state index contributed by atoms with van der Waals surface area (Å²) in [6.45, 7) is 0.295. The normalized spacial score (nSPS) is 10.1. The third-order valence-electron chi connectivity index (χ3n) is 2.44. The van der Waals surface area contributed by atoms with Crippen molar-refractivity contribution in [2.45, 2.75) is 0 Å². The predicted octanol–water partition coefficient (Wildman–Crippen LogP) is 0.814. The Morgan fingerprint density at radius 3 is 2.84 bits per heavy atom. The summed E-state index contributed by atoms with van der Waals surface area (Å²) >= 11 is 0. The number of pyridine rings is 1. The average Bonchev–Trinajstić information content (AvgIpc) is 2.43. The van der Waals surface area contributed by atoms with E-state index in [1.165, 1.54) is 0 Å². The Morgan fingerprint density at radius 2 is 2.05 bits per heavy atom. The third kappa shape index (κ3) is 3.19. The Morgan fingerprint density at radius 1 is 1.26 bits per heavy atom. The fraction of sp³-hybridized carbons (Fsp3) is 0.154. The van der Waals surface area contributed by atoms with E-state index >= 15 is 0 Å². The number of hydrogen-bond donors (Lipinski definition) is 2. The number of nitrogens with one attached hydrogen (secondary N) is 1. The highest BCUT2D eigenvalue weighted by Crippen LogP contribution is 2.22. The summed E-state index contributed by atoms with van der Waals surface area (Å²) in [5.74, 6) is -1.95. The van der Waals surface area contributed by atoms with Gasteiger partial charge in [0.05, 0.1) is 6.54 Å². The molecule has 1 aromatic heterocycles. The van der Waals surface area contributed by atoms with Gasteiger partial charge in [0.15, 0.2) is 0 Å². The summed E-state index contributed by atoms with van der Waals surface area (Å²) < 4.78 is 5.48. The molecule has 6 nitrogen and oxygen atoms in total. The molecule has 0 radical (unpaired) electrons. The molecule has 1 aromatic carbocycles. The van der Waals surface area contributed by atoms with Crippen LogP contribution in [0.1, 0.15) is 0 Å². The zero-order chi connectivity index (χ0) is 13.7. The summed E-state index contributed by atoms with van der Waals surface area (Å²) in [4.78, 5) is 25.3. The molecule has 0 bridgehead atoms. The molecule has 0 aliphatic heterocycles. The number of carboxylic acid groups (broad SMARTS) is 1. The minimum absolute atomic E-state index is 0.119. The van der Waals surface area contributed by atoms with Crippen molar-refractivity contribution in [3.05, 3.63) is 36.5 Å². The fourth-order valence-electron chi connectivity index (χ4n) is 1.59. The molecule has 6 heteroatoms. The molecular formula is C13H12N2O4. The lowest BCUT2D eigenvalue weighted by molar-refractivity contribution is -0.150. The number of benzene rings is 1. The quantitative estimate of drug-likeness (QED) is 0.627. The molecule has 2 aromatic rings. The summed E-state index contributed by atoms with van der Waals surface area (Å²) in [5.41, 5.74) is 0.731. The molecule has 0 atom stereocenters. The second-order valence-corrected chi connectivity index (χ2v) is 3.74. The van der Waals surface area contributed by atoms with E-state index in [0.717, 1.165) is 10.9 Å². The molecule has 0 saturated heterocycles. The maximum Gasteiger partial charge on any atom is 0.394 e. The summed E-state index contributed by atoms with van der Waals surface area (Å²) in [7, 11) is 0. The highest BCUT2D eigenvalue weighted by molar-refractivity contribution is 6.31. The highest BCUT2D eigenvalue weighted by atomic mass is 16.5. The Balaban J connectivity index is 1.95. The molecule has 2 rings (SSSR count). The van der Waals surface area contributed by atoms with Crippen molar-refractivity contribution < 1.29 is 19.4 Å². The van der Waals surface area contributed by atoms with Crippen molar-refractivity contribution in [1.29, 1.82) is 0 Å². The zero-order valence-corrected chi connectivity index (χ0v) is 10.00. The number of amides is 1. The van der Waals surface area contributed by atoms with E-state index in [1.807, 2.05) is 24.3 Å². The SMILES string of the molecule is O=C(O)C(=O)NCCOc1cccc2cccnc12. The molecular weight excluding hydrogens is 248 g/mol. The topological polar surface area (TPSA) is 88.5 Å². The molecule has 1 amide bonds. The second-order valence-electron chi connectivity index (χ2n) is 3.74. The molecule has 2 N–H and O–H groups in total. The van der Waals surface area contributed by atoms with Gasteiger partial charge in [-0.25, -0.2) is 4.79 Å². The molecule has 0 saturated carbocycles. The average molecular weight is 260 g/mol. The molecule has 0 spiro atoms. The van der Waals surface area contributed by atoms with E-state index in [9.17, 15) is 9.59 Å². The smallest absolute Gasteiger partial charge is 0.394 e. The number of aromatic nitrogens is 1. The van der Waals surface area contributed by atoms with Crippen molar-refractivity contribution in [3.63, 3.8) is 0 Å². The molecule has 98 valence electrons. The molecule has 0 fully saturated rings. The monoisotopic (exact) mass is 260 g/mol. The van der Waals surface area contributed by atoms with Crippen molar-refractivity contribution in [1.82, 2.24) is 10.3 Å². The van der Waals surface area contributed by atoms with Gasteiger partial charge in [-0.2, -0.15) is 0 Å². The summed E-state index contributed by atoms with van der Waals surface area (Å²) in [5, 5.41) is 11.5. The van der Waals surface area contributed by atoms with Crippen LogP contribution in [0.5, 0.6) is 5.75 Å². The van der Waals surface area contributed by atoms with Crippen LogP contribution in [0, 0.1) is 0 Å². The standard InChI is InChI=1S/C13H12N2O4/c16-12(13(17)18)15-7-8-19-10-5-1-3-9-4-2-6-14-11(9)10/h1-6H,7-8H2,(H,15,16)(H,17,18). The lowest BCUT2D eigenvalue weighted by Crippen LogP contribution is -2.33. The number of ether oxygens (including phenoxy) is 1. The van der Waals surface area contributed by atoms with Crippen LogP contribution in [-0.4, -0.2) is 35.1 Å². The van der Waals surface area contributed by atoms with Crippen LogP contribution in [0.2, 0.25) is 0 Å². The van der Waals surface area contributed by atoms with Gasteiger partial charge < -0.3 is 15.2 Å². The van der Waals surface area contributed by atoms with Gasteiger partial charge in [-0.3, -0.25) is 9.78 Å². The van der Waals surface area contributed by atoms with Crippen LogP contribution in [0.25, 0.3) is 10.9 Å². The minimum atomic E-state index is -1.51. The number of fused-ring (bicyclic) bond motifs is 1. The van der Waals surface area contributed by atoms with E-state index in [1.54, 1.807) is 12.3 Å². The summed E-state index contributed by atoms with van der Waals surface area (Å²) in [6, 6.07) is 9.28. The number of nitrogens with zero attached hydrogens (tertiary/aromatic N) is 1. The van der Waals surface area contributed by atoms with E-state index in [0.29, 0.717) is 5.75 Å². The first-order chi connectivity index (χ1) is 9.18. The first kappa shape index (κ1) is 12.8. The Bertz CT molecular complexity index is 607. The largest absolute Gasteiger partial charge is 0.489 e. The Labute approximate surface area is 109 Å². The number of carbonyl (C=O) groups is 2. The Hall–Kier alpha value is -2.63. The number of rotatable bonds is 4. The van der Waals surface area contributed by atoms with E-state index in [-0.39, 0.29) is 13.2 Å². The third-order valence-corrected chi connectivity index (χ3v) is 2.44. The van der Waals surface area contributed by atoms with Crippen LogP contribution in [0.3, 0.4) is 0 Å². The Kier molecular flexibility index (Phi) is 3.92. The van der Waals surface area contributed by atoms with Crippen molar-refractivity contribution in [2.75, 3.05) is 13.2 Å². The van der Waals surface area contributed by atoms with Crippen molar-refractivity contribution >= 4 is 22.8 Å². The van der Waals surface area contributed by atoms with Crippen LogP contribution >= 0.6 is 0 Å². The van der Waals surface area contributed by atoms with Gasteiger partial charge in [-0.15, -0.1) is 0 Å². The van der Waals surface area contributed by atoms with Crippen LogP contribution < -0.4 is 10.1 Å². The number of aliphatic carboxylic acids is 1. The maximum absolute atomic E-state index is 10.8. The number of carbonyl (C=O) groups excluding carboxylic acids is 1. The van der Waals surface area contributed by atoms with Gasteiger partial charge in [0.1, 0.15) is 17.9 Å². The van der Waals surface area contributed by atoms with E-state index in [4.69, 9.17) is 9.84 Å². The van der Waals surface area contributed by atoms with Gasteiger partial charge in [-0.05, 0) is 12.1 Å². The fourth-order valence-corrected chi connectivity index (χ4v) is 1.59. The van der Waals surface area contributed by atoms with Crippen LogP contribution in [0.15, 0.2) is 36.5 Å². The van der Waals surface area contributed by atoms with Crippen molar-refractivity contribution in [3.8, 4) is 5.75 Å². The van der Waals surface area contributed by atoms with E-state index in [2.05, 4.69) is 10.3 Å². The lowest BCUT2D eigenvalue weighted by atomic mass is 10.2. The lowest BCUT2D eigenvalue weighted by Gasteiger charge is -2.08. The second kappa shape index (κ2) is 5.81. The first-order valence-electron chi connectivity index (χ1n) is 5.66. The molecule has 0 aliphatic rings. The van der Waals surface area contributed by atoms with Gasteiger partial charge in [0.25, 0.3) is 0 Å². The number of hydrogen-bond acceptors (Lipinski definition) is 4. The van der Waals surface area contributed by atoms with Gasteiger partial charge >= 0.3 is 11.9 Å². The maximum atomic E-state index is 10.8. The highest BCUT2D eigenvalue weighted by Gasteiger charge is 2.09. The predicted molar refractivity (Wildman–Crippen MR) is 67.9 cm³/mol. The number of carboxylic acids is 1. The molecule has 0 unspecified atom stereocenters. The molecule has 0 aliphatic carbocycles. The van der Waals surface area contributed by atoms with Crippen molar-refractivity contribution in [2.24, 2.45) is 0 Å². The molecule has 1 heterocycles. The van der Waals surface area contributed by atoms with E-state index < -0.39 is 11.9 Å². The zero-order valence-electron chi connectivity index (χ0n) is 10.00. The molecule has 19 heavy (non-hydrogen) atoms. The van der Waals surface area contributed by atoms with Gasteiger partial charge in [0.2, 0.25) is 0 Å². The van der Waals surface area contributed by atoms with Gasteiger partial charge in [0, 0.05) is 11.6 Å².